The van der Waals surface area contributed by atoms with Crippen LogP contribution in [0.5, 0.6) is 0 Å². The molecule has 0 saturated heterocycles. The zero-order valence-corrected chi connectivity index (χ0v) is 16.9. The predicted molar refractivity (Wildman–Crippen MR) is 106 cm³/mol. The van der Waals surface area contributed by atoms with Crippen molar-refractivity contribution in [2.45, 2.75) is 18.2 Å². The lowest BCUT2D eigenvalue weighted by molar-refractivity contribution is -0.115. The van der Waals surface area contributed by atoms with E-state index in [2.05, 4.69) is 5.32 Å². The van der Waals surface area contributed by atoms with Crippen molar-refractivity contribution in [1.29, 1.82) is 0 Å². The molecule has 0 bridgehead atoms. The van der Waals surface area contributed by atoms with Gasteiger partial charge in [-0.05, 0) is 37.3 Å². The first-order valence-electron chi connectivity index (χ1n) is 8.20. The Kier molecular flexibility index (Phi) is 6.62. The molecular weight excluding hydrogens is 388 g/mol. The average molecular weight is 409 g/mol. The molecule has 0 aliphatic rings. The Bertz CT molecular complexity index is 954. The summed E-state index contributed by atoms with van der Waals surface area (Å²) in [5, 5.41) is 2.81. The second-order valence-electron chi connectivity index (χ2n) is 6.32. The highest BCUT2D eigenvalue weighted by Gasteiger charge is 2.17. The summed E-state index contributed by atoms with van der Waals surface area (Å²) in [5.74, 6) is -0.997. The summed E-state index contributed by atoms with van der Waals surface area (Å²) in [5.41, 5.74) is 1.68. The maximum Gasteiger partial charge on any atom is 0.254 e. The number of carbonyl (C=O) groups is 2. The lowest BCUT2D eigenvalue weighted by Gasteiger charge is -2.13. The molecule has 6 nitrogen and oxygen atoms in total. The van der Waals surface area contributed by atoms with Crippen LogP contribution in [0, 0.1) is 6.92 Å². The summed E-state index contributed by atoms with van der Waals surface area (Å²) in [6, 6.07) is 11.0. The Balaban J connectivity index is 2.00. The Morgan fingerprint density at radius 1 is 1.07 bits per heavy atom. The van der Waals surface area contributed by atoms with E-state index in [1.807, 2.05) is 6.92 Å². The Morgan fingerprint density at radius 2 is 1.70 bits per heavy atom. The molecule has 0 aliphatic carbocycles. The van der Waals surface area contributed by atoms with Crippen molar-refractivity contribution in [2.75, 3.05) is 25.2 Å². The highest BCUT2D eigenvalue weighted by molar-refractivity contribution is 7.91. The number of benzene rings is 2. The predicted octanol–water partition coefficient (Wildman–Crippen LogP) is 3.15. The van der Waals surface area contributed by atoms with Crippen molar-refractivity contribution in [1.82, 2.24) is 4.90 Å². The zero-order chi connectivity index (χ0) is 20.2. The summed E-state index contributed by atoms with van der Waals surface area (Å²) >= 11 is 6.10. The number of hydrogen-bond donors (Lipinski definition) is 1. The second kappa shape index (κ2) is 8.54. The van der Waals surface area contributed by atoms with Crippen LogP contribution in [-0.4, -0.2) is 45.0 Å². The van der Waals surface area contributed by atoms with Crippen molar-refractivity contribution in [3.05, 3.63) is 58.6 Å². The van der Waals surface area contributed by atoms with E-state index in [1.165, 1.54) is 29.2 Å². The molecule has 2 aromatic rings. The average Bonchev–Trinajstić information content (AvgIpc) is 2.60. The van der Waals surface area contributed by atoms with Crippen LogP contribution in [0.15, 0.2) is 47.4 Å². The molecule has 0 aliphatic heterocycles. The van der Waals surface area contributed by atoms with E-state index in [1.54, 1.807) is 32.3 Å². The minimum Gasteiger partial charge on any atom is -0.345 e. The third-order valence-electron chi connectivity index (χ3n) is 3.87. The molecule has 0 saturated carbocycles. The SMILES string of the molecule is Cc1ccc(S(=O)(=O)CCC(=O)Nc2ccc(C(=O)N(C)C)c(Cl)c2)cc1. The smallest absolute Gasteiger partial charge is 0.254 e. The van der Waals surface area contributed by atoms with Gasteiger partial charge in [-0.3, -0.25) is 9.59 Å². The van der Waals surface area contributed by atoms with Crippen molar-refractivity contribution in [3.8, 4) is 0 Å². The molecule has 2 rings (SSSR count). The van der Waals surface area contributed by atoms with Gasteiger partial charge in [0, 0.05) is 26.2 Å². The number of sulfone groups is 1. The van der Waals surface area contributed by atoms with Gasteiger partial charge in [-0.1, -0.05) is 29.3 Å². The van der Waals surface area contributed by atoms with Gasteiger partial charge in [0.05, 0.1) is 21.2 Å². The van der Waals surface area contributed by atoms with Gasteiger partial charge < -0.3 is 10.2 Å². The Hall–Kier alpha value is -2.38. The molecule has 0 heterocycles. The minimum absolute atomic E-state index is 0.188. The fraction of sp³-hybridized carbons (Fsp3) is 0.263. The third-order valence-corrected chi connectivity index (χ3v) is 5.91. The fourth-order valence-corrected chi connectivity index (χ4v) is 3.82. The number of carbonyl (C=O) groups excluding carboxylic acids is 2. The van der Waals surface area contributed by atoms with Crippen LogP contribution in [0.1, 0.15) is 22.3 Å². The van der Waals surface area contributed by atoms with Gasteiger partial charge in [0.25, 0.3) is 5.91 Å². The van der Waals surface area contributed by atoms with E-state index in [4.69, 9.17) is 11.6 Å². The molecule has 0 radical (unpaired) electrons. The summed E-state index contributed by atoms with van der Waals surface area (Å²) < 4.78 is 24.6. The van der Waals surface area contributed by atoms with Gasteiger partial charge in [-0.15, -0.1) is 0 Å². The largest absolute Gasteiger partial charge is 0.345 e. The standard InChI is InChI=1S/C19H21ClN2O4S/c1-13-4-7-15(8-5-13)27(25,26)11-10-18(23)21-14-6-9-16(17(20)12-14)19(24)22(2)3/h4-9,12H,10-11H2,1-3H3,(H,21,23). The van der Waals surface area contributed by atoms with Gasteiger partial charge in [0.1, 0.15) is 0 Å². The maximum atomic E-state index is 12.3. The molecule has 0 aromatic heterocycles. The molecule has 2 amide bonds. The molecular formula is C19H21ClN2O4S. The number of nitrogens with one attached hydrogen (secondary N) is 1. The first-order chi connectivity index (χ1) is 12.6. The van der Waals surface area contributed by atoms with Crippen molar-refractivity contribution in [3.63, 3.8) is 0 Å². The fourth-order valence-electron chi connectivity index (χ4n) is 2.32. The number of anilines is 1. The van der Waals surface area contributed by atoms with Gasteiger partial charge in [0.2, 0.25) is 5.91 Å². The second-order valence-corrected chi connectivity index (χ2v) is 8.84. The summed E-state index contributed by atoms with van der Waals surface area (Å²) in [6.45, 7) is 1.87. The van der Waals surface area contributed by atoms with Gasteiger partial charge in [0.15, 0.2) is 9.84 Å². The molecule has 8 heteroatoms. The number of aryl methyl sites for hydroxylation is 1. The lowest BCUT2D eigenvalue weighted by atomic mass is 10.2. The van der Waals surface area contributed by atoms with E-state index in [0.717, 1.165) is 5.56 Å². The molecule has 144 valence electrons. The minimum atomic E-state index is -3.54. The monoisotopic (exact) mass is 408 g/mol. The van der Waals surface area contributed by atoms with Crippen molar-refractivity contribution in [2.24, 2.45) is 0 Å². The summed E-state index contributed by atoms with van der Waals surface area (Å²) in [7, 11) is -0.309. The molecule has 2 aromatic carbocycles. The Morgan fingerprint density at radius 3 is 2.26 bits per heavy atom. The maximum absolute atomic E-state index is 12.3. The van der Waals surface area contributed by atoms with Crippen LogP contribution in [0.2, 0.25) is 5.02 Å². The first kappa shape index (κ1) is 20.9. The van der Waals surface area contributed by atoms with E-state index in [9.17, 15) is 18.0 Å². The van der Waals surface area contributed by atoms with E-state index < -0.39 is 15.7 Å². The topological polar surface area (TPSA) is 83.5 Å². The third kappa shape index (κ3) is 5.55. The van der Waals surface area contributed by atoms with Crippen LogP contribution >= 0.6 is 11.6 Å². The van der Waals surface area contributed by atoms with E-state index in [0.29, 0.717) is 11.3 Å². The van der Waals surface area contributed by atoms with Gasteiger partial charge in [-0.25, -0.2) is 8.42 Å². The highest BCUT2D eigenvalue weighted by Crippen LogP contribution is 2.22. The molecule has 1 N–H and O–H groups in total. The number of halogens is 1. The quantitative estimate of drug-likeness (QED) is 0.795. The zero-order valence-electron chi connectivity index (χ0n) is 15.3. The molecule has 0 spiro atoms. The van der Waals surface area contributed by atoms with Crippen LogP contribution in [0.25, 0.3) is 0 Å². The number of amides is 2. The molecule has 0 fully saturated rings. The first-order valence-corrected chi connectivity index (χ1v) is 10.2. The molecule has 0 atom stereocenters. The van der Waals surface area contributed by atoms with Crippen LogP contribution < -0.4 is 5.32 Å². The number of rotatable bonds is 6. The van der Waals surface area contributed by atoms with Crippen molar-refractivity contribution >= 4 is 38.9 Å². The normalized spacial score (nSPS) is 11.1. The summed E-state index contributed by atoms with van der Waals surface area (Å²) in [4.78, 5) is 25.6. The summed E-state index contributed by atoms with van der Waals surface area (Å²) in [6.07, 6.45) is -0.188. The van der Waals surface area contributed by atoms with E-state index in [-0.39, 0.29) is 28.0 Å². The van der Waals surface area contributed by atoms with Crippen LogP contribution in [0.3, 0.4) is 0 Å². The van der Waals surface area contributed by atoms with E-state index >= 15 is 0 Å². The van der Waals surface area contributed by atoms with Crippen molar-refractivity contribution < 1.29 is 18.0 Å². The lowest BCUT2D eigenvalue weighted by Crippen LogP contribution is -2.22. The van der Waals surface area contributed by atoms with Gasteiger partial charge in [-0.2, -0.15) is 0 Å². The van der Waals surface area contributed by atoms with Crippen LogP contribution in [0.4, 0.5) is 5.69 Å². The molecule has 27 heavy (non-hydrogen) atoms. The molecule has 0 unspecified atom stereocenters. The van der Waals surface area contributed by atoms with Gasteiger partial charge >= 0.3 is 0 Å². The number of nitrogens with zero attached hydrogens (tertiary/aromatic N) is 1. The van der Waals surface area contributed by atoms with Crippen LogP contribution in [-0.2, 0) is 14.6 Å². The highest BCUT2D eigenvalue weighted by atomic mass is 35.5. The Labute approximate surface area is 164 Å². The number of hydrogen-bond acceptors (Lipinski definition) is 4.